The Hall–Kier alpha value is -2.73. The van der Waals surface area contributed by atoms with Gasteiger partial charge >= 0.3 is 0 Å². The van der Waals surface area contributed by atoms with Crippen molar-refractivity contribution in [3.63, 3.8) is 0 Å². The van der Waals surface area contributed by atoms with Crippen molar-refractivity contribution < 1.29 is 4.79 Å². The number of aromatic nitrogens is 4. The number of rotatable bonds is 4. The second-order valence-corrected chi connectivity index (χ2v) is 5.90. The molecule has 24 heavy (non-hydrogen) atoms. The molecule has 0 saturated carbocycles. The summed E-state index contributed by atoms with van der Waals surface area (Å²) in [5.74, 6) is 0.216. The van der Waals surface area contributed by atoms with Gasteiger partial charge in [-0.1, -0.05) is 48.0 Å². The minimum atomic E-state index is -0.263. The fraction of sp³-hybridized carbons (Fsp3) is 0.176. The number of tetrazole rings is 1. The van der Waals surface area contributed by atoms with Gasteiger partial charge in [0.05, 0.1) is 10.7 Å². The van der Waals surface area contributed by atoms with Crippen molar-refractivity contribution in [2.45, 2.75) is 20.4 Å². The molecule has 0 fully saturated rings. The Morgan fingerprint density at radius 1 is 1.21 bits per heavy atom. The second kappa shape index (κ2) is 6.80. The van der Waals surface area contributed by atoms with Gasteiger partial charge in [-0.3, -0.25) is 4.79 Å². The van der Waals surface area contributed by atoms with E-state index < -0.39 is 0 Å². The second-order valence-electron chi connectivity index (χ2n) is 5.50. The fourth-order valence-electron chi connectivity index (χ4n) is 2.39. The lowest BCUT2D eigenvalue weighted by molar-refractivity contribution is -0.117. The Bertz CT molecular complexity index is 853. The average molecular weight is 342 g/mol. The van der Waals surface area contributed by atoms with E-state index in [0.717, 1.165) is 16.7 Å². The van der Waals surface area contributed by atoms with Crippen LogP contribution in [-0.4, -0.2) is 26.1 Å². The number of hydrogen-bond donors (Lipinski definition) is 1. The summed E-state index contributed by atoms with van der Waals surface area (Å²) in [6.07, 6.45) is 0. The zero-order valence-corrected chi connectivity index (χ0v) is 14.1. The third-order valence-electron chi connectivity index (χ3n) is 3.47. The lowest BCUT2D eigenvalue weighted by Gasteiger charge is -2.11. The Balaban J connectivity index is 1.71. The summed E-state index contributed by atoms with van der Waals surface area (Å²) in [5, 5.41) is 15.4. The van der Waals surface area contributed by atoms with E-state index in [1.807, 2.05) is 56.3 Å². The predicted molar refractivity (Wildman–Crippen MR) is 92.8 cm³/mol. The highest BCUT2D eigenvalue weighted by Crippen LogP contribution is 2.27. The minimum Gasteiger partial charge on any atom is -0.323 e. The average Bonchev–Trinajstić information content (AvgIpc) is 3.00. The summed E-state index contributed by atoms with van der Waals surface area (Å²) >= 11 is 6.20. The van der Waals surface area contributed by atoms with E-state index in [9.17, 15) is 4.79 Å². The van der Waals surface area contributed by atoms with Gasteiger partial charge in [0.2, 0.25) is 11.7 Å². The highest BCUT2D eigenvalue weighted by Gasteiger charge is 2.12. The third kappa shape index (κ3) is 3.60. The molecule has 0 aliphatic carbocycles. The van der Waals surface area contributed by atoms with E-state index in [2.05, 4.69) is 20.7 Å². The van der Waals surface area contributed by atoms with Crippen LogP contribution < -0.4 is 5.32 Å². The van der Waals surface area contributed by atoms with Crippen molar-refractivity contribution in [3.8, 4) is 11.4 Å². The van der Waals surface area contributed by atoms with E-state index in [1.165, 1.54) is 4.80 Å². The zero-order chi connectivity index (χ0) is 17.1. The zero-order valence-electron chi connectivity index (χ0n) is 13.3. The fourth-order valence-corrected chi connectivity index (χ4v) is 2.76. The summed E-state index contributed by atoms with van der Waals surface area (Å²) in [6, 6.07) is 13.2. The van der Waals surface area contributed by atoms with Crippen LogP contribution in [0.25, 0.3) is 11.4 Å². The van der Waals surface area contributed by atoms with Crippen molar-refractivity contribution in [3.05, 3.63) is 58.6 Å². The van der Waals surface area contributed by atoms with Crippen LogP contribution in [0.5, 0.6) is 0 Å². The number of hydrogen-bond acceptors (Lipinski definition) is 4. The number of benzene rings is 2. The Labute approximate surface area is 144 Å². The monoisotopic (exact) mass is 341 g/mol. The van der Waals surface area contributed by atoms with Crippen LogP contribution in [0.2, 0.25) is 5.02 Å². The Morgan fingerprint density at radius 3 is 2.67 bits per heavy atom. The number of carbonyl (C=O) groups excluding carboxylic acids is 1. The molecule has 7 heteroatoms. The molecule has 1 heterocycles. The summed E-state index contributed by atoms with van der Waals surface area (Å²) in [6.45, 7) is 3.81. The molecular formula is C17H16ClN5O. The van der Waals surface area contributed by atoms with Crippen LogP contribution in [0.15, 0.2) is 42.5 Å². The molecule has 6 nitrogen and oxygen atoms in total. The van der Waals surface area contributed by atoms with Crippen molar-refractivity contribution in [1.29, 1.82) is 0 Å². The topological polar surface area (TPSA) is 72.7 Å². The van der Waals surface area contributed by atoms with Crippen LogP contribution in [0, 0.1) is 13.8 Å². The molecule has 0 spiro atoms. The molecule has 122 valence electrons. The SMILES string of the molecule is Cc1cc(C)c(NC(=O)Cn2nnc(-c3ccccc3)n2)c(Cl)c1. The van der Waals surface area contributed by atoms with Gasteiger partial charge in [0.15, 0.2) is 0 Å². The lowest BCUT2D eigenvalue weighted by atomic mass is 10.1. The maximum atomic E-state index is 12.2. The van der Waals surface area contributed by atoms with Gasteiger partial charge in [-0.2, -0.15) is 4.80 Å². The molecule has 1 N–H and O–H groups in total. The number of halogens is 1. The van der Waals surface area contributed by atoms with E-state index in [0.29, 0.717) is 16.5 Å². The van der Waals surface area contributed by atoms with Crippen LogP contribution in [0.3, 0.4) is 0 Å². The van der Waals surface area contributed by atoms with Crippen LogP contribution in [-0.2, 0) is 11.3 Å². The normalized spacial score (nSPS) is 10.6. The first kappa shape index (κ1) is 16.1. The maximum Gasteiger partial charge on any atom is 0.248 e. The molecule has 0 atom stereocenters. The van der Waals surface area contributed by atoms with E-state index in [1.54, 1.807) is 0 Å². The minimum absolute atomic E-state index is 0.0382. The van der Waals surface area contributed by atoms with Gasteiger partial charge in [-0.05, 0) is 36.3 Å². The molecule has 0 aliphatic heterocycles. The molecule has 0 aliphatic rings. The quantitative estimate of drug-likeness (QED) is 0.790. The molecule has 0 unspecified atom stereocenters. The van der Waals surface area contributed by atoms with E-state index in [4.69, 9.17) is 11.6 Å². The molecule has 0 radical (unpaired) electrons. The molecular weight excluding hydrogens is 326 g/mol. The third-order valence-corrected chi connectivity index (χ3v) is 3.76. The Kier molecular flexibility index (Phi) is 4.57. The van der Waals surface area contributed by atoms with Gasteiger partial charge in [0.25, 0.3) is 0 Å². The lowest BCUT2D eigenvalue weighted by Crippen LogP contribution is -2.21. The first-order valence-electron chi connectivity index (χ1n) is 7.43. The van der Waals surface area contributed by atoms with Crippen molar-refractivity contribution in [2.24, 2.45) is 0 Å². The van der Waals surface area contributed by atoms with Crippen molar-refractivity contribution in [2.75, 3.05) is 5.32 Å². The largest absolute Gasteiger partial charge is 0.323 e. The molecule has 1 aromatic heterocycles. The molecule has 0 saturated heterocycles. The summed E-state index contributed by atoms with van der Waals surface area (Å²) in [4.78, 5) is 13.5. The van der Waals surface area contributed by atoms with E-state index >= 15 is 0 Å². The molecule has 2 aromatic carbocycles. The van der Waals surface area contributed by atoms with E-state index in [-0.39, 0.29) is 12.5 Å². The number of nitrogens with zero attached hydrogens (tertiary/aromatic N) is 4. The summed E-state index contributed by atoms with van der Waals surface area (Å²) < 4.78 is 0. The maximum absolute atomic E-state index is 12.2. The number of aryl methyl sites for hydroxylation is 2. The first-order valence-corrected chi connectivity index (χ1v) is 7.80. The molecule has 3 rings (SSSR count). The van der Waals surface area contributed by atoms with Crippen LogP contribution in [0.4, 0.5) is 5.69 Å². The smallest absolute Gasteiger partial charge is 0.248 e. The molecule has 1 amide bonds. The summed E-state index contributed by atoms with van der Waals surface area (Å²) in [7, 11) is 0. The summed E-state index contributed by atoms with van der Waals surface area (Å²) in [5.41, 5.74) is 3.41. The number of amides is 1. The number of carbonyl (C=O) groups is 1. The highest BCUT2D eigenvalue weighted by molar-refractivity contribution is 6.34. The van der Waals surface area contributed by atoms with Crippen LogP contribution in [0.1, 0.15) is 11.1 Å². The van der Waals surface area contributed by atoms with Gasteiger partial charge in [-0.25, -0.2) is 0 Å². The van der Waals surface area contributed by atoms with Gasteiger partial charge < -0.3 is 5.32 Å². The Morgan fingerprint density at radius 2 is 1.96 bits per heavy atom. The van der Waals surface area contributed by atoms with Gasteiger partial charge in [0.1, 0.15) is 6.54 Å². The molecule has 3 aromatic rings. The first-order chi connectivity index (χ1) is 11.5. The van der Waals surface area contributed by atoms with Gasteiger partial charge in [0, 0.05) is 5.56 Å². The van der Waals surface area contributed by atoms with Crippen molar-refractivity contribution >= 4 is 23.2 Å². The number of nitrogens with one attached hydrogen (secondary N) is 1. The standard InChI is InChI=1S/C17H16ClN5O/c1-11-8-12(2)16(14(18)9-11)19-15(24)10-23-21-17(20-22-23)13-6-4-3-5-7-13/h3-9H,10H2,1-2H3,(H,19,24). The van der Waals surface area contributed by atoms with Crippen molar-refractivity contribution in [1.82, 2.24) is 20.2 Å². The van der Waals surface area contributed by atoms with Crippen LogP contribution >= 0.6 is 11.6 Å². The highest BCUT2D eigenvalue weighted by atomic mass is 35.5. The molecule has 0 bridgehead atoms. The number of anilines is 1. The van der Waals surface area contributed by atoms with Gasteiger partial charge in [-0.15, -0.1) is 10.2 Å². The predicted octanol–water partition coefficient (Wildman–Crippen LogP) is 3.25.